The van der Waals surface area contributed by atoms with E-state index >= 15 is 0 Å². The van der Waals surface area contributed by atoms with Gasteiger partial charge in [0.2, 0.25) is 5.88 Å². The van der Waals surface area contributed by atoms with E-state index < -0.39 is 0 Å². The Hall–Kier alpha value is -4.26. The predicted molar refractivity (Wildman–Crippen MR) is 136 cm³/mol. The van der Waals surface area contributed by atoms with Gasteiger partial charge in [0.05, 0.1) is 19.2 Å². The smallest absolute Gasteiger partial charge is 0.317 e. The molecule has 180 valence electrons. The van der Waals surface area contributed by atoms with E-state index in [0.29, 0.717) is 31.3 Å². The first-order valence-electron chi connectivity index (χ1n) is 11.6. The lowest BCUT2D eigenvalue weighted by atomic mass is 10.1. The standard InChI is InChI=1S/C28H30N4O3/c1-4-29-28(33)32(19-21-11-7-5-8-12-21)20-25-26(22-13-9-6-10-14-22)30-31(2)27(25)35-24-17-15-23(34-3)16-18-24/h5-18H,4,19-20H2,1-3H3,(H,29,33). The number of aryl methyl sites for hydroxylation is 1. The number of amides is 2. The summed E-state index contributed by atoms with van der Waals surface area (Å²) in [5.41, 5.74) is 3.61. The maximum absolute atomic E-state index is 13.1. The minimum absolute atomic E-state index is 0.144. The fourth-order valence-electron chi connectivity index (χ4n) is 3.86. The van der Waals surface area contributed by atoms with E-state index in [1.807, 2.05) is 98.9 Å². The number of urea groups is 1. The van der Waals surface area contributed by atoms with Crippen molar-refractivity contribution >= 4 is 6.03 Å². The highest BCUT2D eigenvalue weighted by Crippen LogP contribution is 2.35. The molecule has 3 aromatic carbocycles. The minimum Gasteiger partial charge on any atom is -0.497 e. The Bertz CT molecular complexity index is 1240. The van der Waals surface area contributed by atoms with Gasteiger partial charge in [0.15, 0.2) is 0 Å². The maximum Gasteiger partial charge on any atom is 0.317 e. The number of nitrogens with one attached hydrogen (secondary N) is 1. The third-order valence-electron chi connectivity index (χ3n) is 5.59. The molecule has 0 spiro atoms. The highest BCUT2D eigenvalue weighted by molar-refractivity contribution is 5.75. The van der Waals surface area contributed by atoms with Crippen LogP contribution in [0.2, 0.25) is 0 Å². The molecule has 4 rings (SSSR count). The first-order valence-corrected chi connectivity index (χ1v) is 11.6. The van der Waals surface area contributed by atoms with Gasteiger partial charge < -0.3 is 19.7 Å². The van der Waals surface area contributed by atoms with Crippen LogP contribution in [0, 0.1) is 0 Å². The summed E-state index contributed by atoms with van der Waals surface area (Å²) in [6.07, 6.45) is 0. The van der Waals surface area contributed by atoms with Crippen molar-refractivity contribution in [2.24, 2.45) is 7.05 Å². The van der Waals surface area contributed by atoms with Crippen molar-refractivity contribution in [3.63, 3.8) is 0 Å². The summed E-state index contributed by atoms with van der Waals surface area (Å²) in [7, 11) is 3.48. The lowest BCUT2D eigenvalue weighted by molar-refractivity contribution is 0.192. The van der Waals surface area contributed by atoms with Crippen LogP contribution in [-0.4, -0.2) is 34.4 Å². The van der Waals surface area contributed by atoms with Crippen LogP contribution in [-0.2, 0) is 20.1 Å². The number of ether oxygens (including phenoxy) is 2. The molecular weight excluding hydrogens is 440 g/mol. The first kappa shape index (κ1) is 23.9. The van der Waals surface area contributed by atoms with E-state index in [9.17, 15) is 4.79 Å². The molecule has 0 aliphatic rings. The van der Waals surface area contributed by atoms with Crippen molar-refractivity contribution in [2.45, 2.75) is 20.0 Å². The molecule has 2 amide bonds. The molecular formula is C28H30N4O3. The van der Waals surface area contributed by atoms with Crippen molar-refractivity contribution < 1.29 is 14.3 Å². The second-order valence-corrected chi connectivity index (χ2v) is 8.08. The van der Waals surface area contributed by atoms with Gasteiger partial charge in [-0.05, 0) is 36.8 Å². The molecule has 0 bridgehead atoms. The van der Waals surface area contributed by atoms with E-state index in [-0.39, 0.29) is 6.03 Å². The van der Waals surface area contributed by atoms with Crippen molar-refractivity contribution in [2.75, 3.05) is 13.7 Å². The third-order valence-corrected chi connectivity index (χ3v) is 5.59. The predicted octanol–water partition coefficient (Wildman–Crippen LogP) is 5.62. The SMILES string of the molecule is CCNC(=O)N(Cc1ccccc1)Cc1c(-c2ccccc2)nn(C)c1Oc1ccc(OC)cc1. The summed E-state index contributed by atoms with van der Waals surface area (Å²) in [6, 6.07) is 27.1. The number of nitrogens with zero attached hydrogens (tertiary/aromatic N) is 3. The van der Waals surface area contributed by atoms with Crippen molar-refractivity contribution in [1.29, 1.82) is 0 Å². The maximum atomic E-state index is 13.1. The molecule has 4 aromatic rings. The molecule has 0 fully saturated rings. The Kier molecular flexibility index (Phi) is 7.67. The zero-order valence-electron chi connectivity index (χ0n) is 20.3. The topological polar surface area (TPSA) is 68.6 Å². The number of hydrogen-bond donors (Lipinski definition) is 1. The van der Waals surface area contributed by atoms with Crippen LogP contribution >= 0.6 is 0 Å². The summed E-state index contributed by atoms with van der Waals surface area (Å²) in [4.78, 5) is 14.9. The Morgan fingerprint density at radius 3 is 2.17 bits per heavy atom. The van der Waals surface area contributed by atoms with Gasteiger partial charge in [0, 0.05) is 25.7 Å². The van der Waals surface area contributed by atoms with Crippen LogP contribution in [0.25, 0.3) is 11.3 Å². The van der Waals surface area contributed by atoms with Crippen molar-refractivity contribution in [1.82, 2.24) is 20.0 Å². The highest BCUT2D eigenvalue weighted by atomic mass is 16.5. The highest BCUT2D eigenvalue weighted by Gasteiger charge is 2.24. The molecule has 1 aromatic heterocycles. The van der Waals surface area contributed by atoms with E-state index in [2.05, 4.69) is 5.32 Å². The molecule has 0 radical (unpaired) electrons. The Morgan fingerprint density at radius 1 is 0.914 bits per heavy atom. The summed E-state index contributed by atoms with van der Waals surface area (Å²) >= 11 is 0. The zero-order valence-corrected chi connectivity index (χ0v) is 20.3. The van der Waals surface area contributed by atoms with Gasteiger partial charge >= 0.3 is 6.03 Å². The summed E-state index contributed by atoms with van der Waals surface area (Å²) in [5.74, 6) is 1.98. The van der Waals surface area contributed by atoms with Crippen LogP contribution in [0.15, 0.2) is 84.9 Å². The molecule has 0 aliphatic heterocycles. The van der Waals surface area contributed by atoms with E-state index in [1.54, 1.807) is 16.7 Å². The molecule has 1 N–H and O–H groups in total. The normalized spacial score (nSPS) is 10.6. The van der Waals surface area contributed by atoms with E-state index in [4.69, 9.17) is 14.6 Å². The second kappa shape index (κ2) is 11.2. The van der Waals surface area contributed by atoms with Crippen molar-refractivity contribution in [3.8, 4) is 28.6 Å². The lowest BCUT2D eigenvalue weighted by Gasteiger charge is -2.24. The quantitative estimate of drug-likeness (QED) is 0.345. The molecule has 1 heterocycles. The number of rotatable bonds is 9. The van der Waals surface area contributed by atoms with Gasteiger partial charge in [-0.1, -0.05) is 60.7 Å². The van der Waals surface area contributed by atoms with Crippen LogP contribution in [0.1, 0.15) is 18.1 Å². The Morgan fingerprint density at radius 2 is 1.54 bits per heavy atom. The van der Waals surface area contributed by atoms with Gasteiger partial charge in [-0.3, -0.25) is 0 Å². The van der Waals surface area contributed by atoms with Crippen LogP contribution in [0.4, 0.5) is 4.79 Å². The Labute approximate surface area is 205 Å². The molecule has 0 saturated heterocycles. The lowest BCUT2D eigenvalue weighted by Crippen LogP contribution is -2.39. The summed E-state index contributed by atoms with van der Waals surface area (Å²) < 4.78 is 13.3. The van der Waals surface area contributed by atoms with Gasteiger partial charge in [-0.25, -0.2) is 9.48 Å². The fraction of sp³-hybridized carbons (Fsp3) is 0.214. The monoisotopic (exact) mass is 470 g/mol. The Balaban J connectivity index is 1.74. The van der Waals surface area contributed by atoms with Gasteiger partial charge in [-0.15, -0.1) is 0 Å². The first-order chi connectivity index (χ1) is 17.1. The van der Waals surface area contributed by atoms with E-state index in [1.165, 1.54) is 0 Å². The molecule has 35 heavy (non-hydrogen) atoms. The molecule has 0 saturated carbocycles. The summed E-state index contributed by atoms with van der Waals surface area (Å²) in [5, 5.41) is 7.72. The van der Waals surface area contributed by atoms with E-state index in [0.717, 1.165) is 28.1 Å². The fourth-order valence-corrected chi connectivity index (χ4v) is 3.86. The molecule has 0 unspecified atom stereocenters. The van der Waals surface area contributed by atoms with Crippen molar-refractivity contribution in [3.05, 3.63) is 96.1 Å². The van der Waals surface area contributed by atoms with Gasteiger partial charge in [0.25, 0.3) is 0 Å². The van der Waals surface area contributed by atoms with Gasteiger partial charge in [-0.2, -0.15) is 5.10 Å². The average molecular weight is 471 g/mol. The van der Waals surface area contributed by atoms with Crippen LogP contribution < -0.4 is 14.8 Å². The number of hydrogen-bond acceptors (Lipinski definition) is 4. The van der Waals surface area contributed by atoms with Crippen LogP contribution in [0.5, 0.6) is 17.4 Å². The molecule has 7 nitrogen and oxygen atoms in total. The zero-order chi connectivity index (χ0) is 24.6. The number of benzene rings is 3. The molecule has 0 atom stereocenters. The van der Waals surface area contributed by atoms with Crippen LogP contribution in [0.3, 0.4) is 0 Å². The number of aromatic nitrogens is 2. The molecule has 0 aliphatic carbocycles. The third kappa shape index (κ3) is 5.81. The number of carbonyl (C=O) groups is 1. The summed E-state index contributed by atoms with van der Waals surface area (Å²) in [6.45, 7) is 3.23. The minimum atomic E-state index is -0.144. The molecule has 7 heteroatoms. The second-order valence-electron chi connectivity index (χ2n) is 8.08. The largest absolute Gasteiger partial charge is 0.497 e. The number of carbonyl (C=O) groups excluding carboxylic acids is 1. The number of methoxy groups -OCH3 is 1. The van der Waals surface area contributed by atoms with Gasteiger partial charge in [0.1, 0.15) is 17.2 Å². The average Bonchev–Trinajstić information content (AvgIpc) is 3.20.